The molecule has 0 atom stereocenters. The molecule has 3 aromatic carbocycles. The third kappa shape index (κ3) is 6.58. The summed E-state index contributed by atoms with van der Waals surface area (Å²) in [6.45, 7) is 2.10. The predicted octanol–water partition coefficient (Wildman–Crippen LogP) is 6.74. The minimum absolute atomic E-state index is 0.172. The molecular formula is C25H23Cl2NO3. The number of aryl methyl sites for hydroxylation is 1. The van der Waals surface area contributed by atoms with Crippen molar-refractivity contribution in [2.75, 3.05) is 5.32 Å². The number of ether oxygens (including phenoxy) is 1. The third-order valence-corrected chi connectivity index (χ3v) is 5.44. The lowest BCUT2D eigenvalue weighted by Gasteiger charge is -2.13. The van der Waals surface area contributed by atoms with Gasteiger partial charge in [0.25, 0.3) is 0 Å². The Hall–Kier alpha value is -2.82. The maximum Gasteiger partial charge on any atom is 0.343 e. The van der Waals surface area contributed by atoms with Crippen molar-refractivity contribution < 1.29 is 14.3 Å². The average Bonchev–Trinajstić information content (AvgIpc) is 2.76. The highest BCUT2D eigenvalue weighted by molar-refractivity contribution is 6.42. The van der Waals surface area contributed by atoms with Gasteiger partial charge in [-0.25, -0.2) is 4.79 Å². The van der Waals surface area contributed by atoms with Gasteiger partial charge >= 0.3 is 5.97 Å². The zero-order chi connectivity index (χ0) is 22.2. The number of carbonyl (C=O) groups is 2. The lowest BCUT2D eigenvalue weighted by Crippen LogP contribution is -2.15. The van der Waals surface area contributed by atoms with Crippen LogP contribution in [0.15, 0.2) is 66.7 Å². The Kier molecular flexibility index (Phi) is 8.10. The SMILES string of the molecule is CCCCc1cc(NC(=O)Cc2ccc(Cl)c(Cl)c2)ccc1OC(=O)c1ccccc1. The Morgan fingerprint density at radius 2 is 1.71 bits per heavy atom. The second kappa shape index (κ2) is 11.0. The van der Waals surface area contributed by atoms with E-state index in [0.29, 0.717) is 27.0 Å². The van der Waals surface area contributed by atoms with Crippen LogP contribution in [0.4, 0.5) is 5.69 Å². The number of benzene rings is 3. The molecule has 0 unspecified atom stereocenters. The summed E-state index contributed by atoms with van der Waals surface area (Å²) in [5.41, 5.74) is 2.78. The number of carbonyl (C=O) groups excluding carboxylic acids is 2. The first-order valence-corrected chi connectivity index (χ1v) is 10.9. The Labute approximate surface area is 192 Å². The second-order valence-corrected chi connectivity index (χ2v) is 7.97. The maximum absolute atomic E-state index is 12.5. The van der Waals surface area contributed by atoms with E-state index in [1.165, 1.54) is 0 Å². The van der Waals surface area contributed by atoms with E-state index in [4.69, 9.17) is 27.9 Å². The summed E-state index contributed by atoms with van der Waals surface area (Å²) in [6.07, 6.45) is 2.85. The van der Waals surface area contributed by atoms with Gasteiger partial charge in [0.05, 0.1) is 22.0 Å². The minimum Gasteiger partial charge on any atom is -0.423 e. The van der Waals surface area contributed by atoms with Crippen LogP contribution in [0.1, 0.15) is 41.3 Å². The average molecular weight is 456 g/mol. The first kappa shape index (κ1) is 22.9. The number of esters is 1. The standard InChI is InChI=1S/C25H23Cl2NO3/c1-2-3-7-19-16-20(28-24(29)15-17-10-12-21(26)22(27)14-17)11-13-23(19)31-25(30)18-8-5-4-6-9-18/h4-6,8-14,16H,2-3,7,15H2,1H3,(H,28,29). The van der Waals surface area contributed by atoms with Gasteiger partial charge in [-0.05, 0) is 66.4 Å². The van der Waals surface area contributed by atoms with E-state index < -0.39 is 5.97 Å². The topological polar surface area (TPSA) is 55.4 Å². The predicted molar refractivity (Wildman–Crippen MR) is 125 cm³/mol. The number of amides is 1. The number of nitrogens with one attached hydrogen (secondary N) is 1. The van der Waals surface area contributed by atoms with Crippen molar-refractivity contribution >= 4 is 40.8 Å². The lowest BCUT2D eigenvalue weighted by molar-refractivity contribution is -0.115. The van der Waals surface area contributed by atoms with E-state index in [9.17, 15) is 9.59 Å². The number of unbranched alkanes of at least 4 members (excludes halogenated alkanes) is 1. The zero-order valence-corrected chi connectivity index (χ0v) is 18.7. The number of anilines is 1. The van der Waals surface area contributed by atoms with Crippen LogP contribution in [0.25, 0.3) is 0 Å². The van der Waals surface area contributed by atoms with Crippen molar-refractivity contribution in [1.29, 1.82) is 0 Å². The Balaban J connectivity index is 1.72. The molecule has 0 saturated carbocycles. The molecule has 0 heterocycles. The van der Waals surface area contributed by atoms with Crippen molar-refractivity contribution in [1.82, 2.24) is 0 Å². The number of hydrogen-bond donors (Lipinski definition) is 1. The van der Waals surface area contributed by atoms with E-state index in [1.807, 2.05) is 12.1 Å². The van der Waals surface area contributed by atoms with Gasteiger partial charge in [-0.3, -0.25) is 4.79 Å². The van der Waals surface area contributed by atoms with Crippen LogP contribution in [-0.4, -0.2) is 11.9 Å². The smallest absolute Gasteiger partial charge is 0.343 e. The van der Waals surface area contributed by atoms with Gasteiger partial charge in [-0.2, -0.15) is 0 Å². The number of hydrogen-bond acceptors (Lipinski definition) is 3. The molecule has 4 nitrogen and oxygen atoms in total. The van der Waals surface area contributed by atoms with Gasteiger partial charge in [0, 0.05) is 5.69 Å². The fraction of sp³-hybridized carbons (Fsp3) is 0.200. The molecule has 0 spiro atoms. The highest BCUT2D eigenvalue weighted by Gasteiger charge is 2.13. The molecule has 3 aromatic rings. The van der Waals surface area contributed by atoms with Gasteiger partial charge in [-0.15, -0.1) is 0 Å². The molecule has 0 radical (unpaired) electrons. The molecular weight excluding hydrogens is 433 g/mol. The Morgan fingerprint density at radius 3 is 2.42 bits per heavy atom. The van der Waals surface area contributed by atoms with Crippen molar-refractivity contribution in [3.8, 4) is 5.75 Å². The summed E-state index contributed by atoms with van der Waals surface area (Å²) in [4.78, 5) is 24.9. The first-order valence-electron chi connectivity index (χ1n) is 10.1. The summed E-state index contributed by atoms with van der Waals surface area (Å²) >= 11 is 12.0. The van der Waals surface area contributed by atoms with Crippen LogP contribution >= 0.6 is 23.2 Å². The molecule has 0 fully saturated rings. The van der Waals surface area contributed by atoms with Crippen LogP contribution in [0.5, 0.6) is 5.75 Å². The van der Waals surface area contributed by atoms with E-state index >= 15 is 0 Å². The van der Waals surface area contributed by atoms with Crippen LogP contribution in [0, 0.1) is 0 Å². The maximum atomic E-state index is 12.5. The summed E-state index contributed by atoms with van der Waals surface area (Å²) in [7, 11) is 0. The van der Waals surface area contributed by atoms with E-state index in [2.05, 4.69) is 12.2 Å². The van der Waals surface area contributed by atoms with Crippen LogP contribution in [0.2, 0.25) is 10.0 Å². The second-order valence-electron chi connectivity index (χ2n) is 7.16. The molecule has 0 saturated heterocycles. The van der Waals surface area contributed by atoms with Crippen molar-refractivity contribution in [2.45, 2.75) is 32.6 Å². The minimum atomic E-state index is -0.408. The van der Waals surface area contributed by atoms with Gasteiger partial charge < -0.3 is 10.1 Å². The highest BCUT2D eigenvalue weighted by atomic mass is 35.5. The van der Waals surface area contributed by atoms with Crippen molar-refractivity contribution in [3.63, 3.8) is 0 Å². The number of halogens is 2. The lowest BCUT2D eigenvalue weighted by atomic mass is 10.1. The molecule has 1 N–H and O–H groups in total. The largest absolute Gasteiger partial charge is 0.423 e. The highest BCUT2D eigenvalue weighted by Crippen LogP contribution is 2.26. The summed E-state index contributed by atoms with van der Waals surface area (Å²) < 4.78 is 5.63. The summed E-state index contributed by atoms with van der Waals surface area (Å²) in [5.74, 6) is -0.0756. The third-order valence-electron chi connectivity index (χ3n) is 4.70. The fourth-order valence-electron chi connectivity index (χ4n) is 3.09. The Bertz CT molecular complexity index is 1070. The zero-order valence-electron chi connectivity index (χ0n) is 17.2. The quantitative estimate of drug-likeness (QED) is 0.302. The molecule has 31 heavy (non-hydrogen) atoms. The van der Waals surface area contributed by atoms with Crippen molar-refractivity contribution in [3.05, 3.63) is 93.5 Å². The summed E-state index contributed by atoms with van der Waals surface area (Å²) in [5, 5.41) is 3.76. The molecule has 160 valence electrons. The Morgan fingerprint density at radius 1 is 0.935 bits per heavy atom. The van der Waals surface area contributed by atoms with Crippen molar-refractivity contribution in [2.24, 2.45) is 0 Å². The molecule has 0 aliphatic carbocycles. The summed E-state index contributed by atoms with van der Waals surface area (Å²) in [6, 6.07) is 19.3. The molecule has 0 aromatic heterocycles. The first-order chi connectivity index (χ1) is 15.0. The molecule has 6 heteroatoms. The van der Waals surface area contributed by atoms with Gasteiger partial charge in [0.1, 0.15) is 5.75 Å². The monoisotopic (exact) mass is 455 g/mol. The van der Waals surface area contributed by atoms with E-state index in [-0.39, 0.29) is 12.3 Å². The van der Waals surface area contributed by atoms with E-state index in [0.717, 1.165) is 30.4 Å². The van der Waals surface area contributed by atoms with Gasteiger partial charge in [-0.1, -0.05) is 60.8 Å². The van der Waals surface area contributed by atoms with Crippen LogP contribution in [-0.2, 0) is 17.6 Å². The molecule has 0 aliphatic rings. The van der Waals surface area contributed by atoms with Crippen LogP contribution in [0.3, 0.4) is 0 Å². The van der Waals surface area contributed by atoms with Gasteiger partial charge in [0.2, 0.25) is 5.91 Å². The van der Waals surface area contributed by atoms with E-state index in [1.54, 1.807) is 54.6 Å². The van der Waals surface area contributed by atoms with Crippen LogP contribution < -0.4 is 10.1 Å². The molecule has 3 rings (SSSR count). The molecule has 0 bridgehead atoms. The fourth-order valence-corrected chi connectivity index (χ4v) is 3.41. The number of rotatable bonds is 8. The molecule has 1 amide bonds. The van der Waals surface area contributed by atoms with Gasteiger partial charge in [0.15, 0.2) is 0 Å². The molecule has 0 aliphatic heterocycles. The normalized spacial score (nSPS) is 10.5.